The number of likely N-dealkylation sites (N-methyl/N-ethyl adjacent to an activating group) is 1. The van der Waals surface area contributed by atoms with Crippen LogP contribution in [0.25, 0.3) is 0 Å². The van der Waals surface area contributed by atoms with Crippen molar-refractivity contribution in [3.8, 4) is 0 Å². The monoisotopic (exact) mass is 427 g/mol. The van der Waals surface area contributed by atoms with Gasteiger partial charge in [0.15, 0.2) is 0 Å². The predicted octanol–water partition coefficient (Wildman–Crippen LogP) is 5.04. The topological polar surface area (TPSA) is 34.4 Å². The van der Waals surface area contributed by atoms with Gasteiger partial charge in [0, 0.05) is 37.5 Å². The Hall–Kier alpha value is -2.42. The molecule has 0 radical (unpaired) electrons. The number of halogens is 4. The van der Waals surface area contributed by atoms with Crippen LogP contribution in [0.5, 0.6) is 0 Å². The van der Waals surface area contributed by atoms with Crippen LogP contribution in [0.1, 0.15) is 44.9 Å². The highest BCUT2D eigenvalue weighted by Crippen LogP contribution is 2.41. The van der Waals surface area contributed by atoms with E-state index < -0.39 is 23.6 Å². The van der Waals surface area contributed by atoms with Crippen molar-refractivity contribution in [2.75, 3.05) is 33.2 Å². The number of piperazine rings is 1. The largest absolute Gasteiger partial charge is 0.416 e. The summed E-state index contributed by atoms with van der Waals surface area (Å²) >= 11 is 0. The van der Waals surface area contributed by atoms with Gasteiger partial charge in [-0.3, -0.25) is 0 Å². The van der Waals surface area contributed by atoms with Crippen LogP contribution < -0.4 is 0 Å². The molecule has 166 valence electrons. The van der Waals surface area contributed by atoms with E-state index in [2.05, 4.69) is 21.6 Å². The number of nitrogens with zero attached hydrogens (tertiary/aromatic N) is 5. The molecule has 2 aliphatic heterocycles. The van der Waals surface area contributed by atoms with Crippen molar-refractivity contribution < 1.29 is 17.6 Å². The molecule has 0 bridgehead atoms. The minimum Gasteiger partial charge on any atom is -0.338 e. The lowest BCUT2D eigenvalue weighted by Gasteiger charge is -2.41. The van der Waals surface area contributed by atoms with Crippen molar-refractivity contribution in [1.29, 1.82) is 0 Å². The minimum absolute atomic E-state index is 0.0374. The number of benzene rings is 1. The molecule has 1 atom stereocenters. The van der Waals surface area contributed by atoms with Crippen molar-refractivity contribution >= 4 is 17.4 Å². The molecule has 0 aromatic heterocycles. The van der Waals surface area contributed by atoms with Gasteiger partial charge in [-0.15, -0.1) is 6.58 Å². The Kier molecular flexibility index (Phi) is 7.63. The number of hydrazone groups is 1. The summed E-state index contributed by atoms with van der Waals surface area (Å²) in [6.45, 7) is 13.6. The molecule has 0 spiro atoms. The van der Waals surface area contributed by atoms with Gasteiger partial charge in [0.2, 0.25) is 5.96 Å². The summed E-state index contributed by atoms with van der Waals surface area (Å²) in [5.74, 6) is -0.488. The number of allylic oxidation sites excluding steroid dienone is 1. The van der Waals surface area contributed by atoms with E-state index in [1.165, 1.54) is 0 Å². The molecule has 30 heavy (non-hydrogen) atoms. The van der Waals surface area contributed by atoms with Gasteiger partial charge in [-0.05, 0) is 46.9 Å². The number of fused-ring (bicyclic) bond motifs is 1. The fourth-order valence-electron chi connectivity index (χ4n) is 3.25. The second-order valence-corrected chi connectivity index (χ2v) is 7.57. The summed E-state index contributed by atoms with van der Waals surface area (Å²) < 4.78 is 53.9. The van der Waals surface area contributed by atoms with E-state index in [0.29, 0.717) is 25.1 Å². The lowest BCUT2D eigenvalue weighted by Crippen LogP contribution is -2.52. The van der Waals surface area contributed by atoms with Crippen molar-refractivity contribution in [3.05, 3.63) is 41.7 Å². The minimum atomic E-state index is -4.62. The van der Waals surface area contributed by atoms with Crippen LogP contribution in [0.4, 0.5) is 23.2 Å². The number of guanidine groups is 1. The van der Waals surface area contributed by atoms with Crippen LogP contribution in [0, 0.1) is 5.82 Å². The molecule has 0 amide bonds. The number of alkyl halides is 3. The third-order valence-electron chi connectivity index (χ3n) is 4.75. The van der Waals surface area contributed by atoms with Crippen LogP contribution in [0.2, 0.25) is 0 Å². The zero-order chi connectivity index (χ0) is 22.6. The molecule has 0 saturated carbocycles. The normalized spacial score (nSPS) is 19.4. The predicted molar refractivity (Wildman–Crippen MR) is 112 cm³/mol. The van der Waals surface area contributed by atoms with E-state index in [4.69, 9.17) is 0 Å². The van der Waals surface area contributed by atoms with E-state index in [-0.39, 0.29) is 11.3 Å². The summed E-state index contributed by atoms with van der Waals surface area (Å²) in [6.07, 6.45) is -2.87. The summed E-state index contributed by atoms with van der Waals surface area (Å²) in [4.78, 5) is 8.58. The highest BCUT2D eigenvalue weighted by atomic mass is 19.4. The molecule has 1 fully saturated rings. The fraction of sp³-hybridized carbons (Fsp3) is 0.524. The fourth-order valence-corrected chi connectivity index (χ4v) is 3.25. The van der Waals surface area contributed by atoms with Crippen molar-refractivity contribution in [2.24, 2.45) is 10.1 Å². The lowest BCUT2D eigenvalue weighted by molar-refractivity contribution is -0.137. The highest BCUT2D eigenvalue weighted by molar-refractivity contribution is 5.88. The molecule has 0 aliphatic carbocycles. The number of hydrogen-bond donors (Lipinski definition) is 0. The first kappa shape index (κ1) is 23.9. The van der Waals surface area contributed by atoms with Crippen LogP contribution in [0.15, 0.2) is 34.9 Å². The van der Waals surface area contributed by atoms with Crippen LogP contribution in [-0.2, 0) is 6.18 Å². The molecule has 2 heterocycles. The number of aliphatic imine (C=N–C) groups is 1. The van der Waals surface area contributed by atoms with E-state index in [0.717, 1.165) is 24.9 Å². The molecular weight excluding hydrogens is 398 g/mol. The van der Waals surface area contributed by atoms with Gasteiger partial charge in [-0.25, -0.2) is 14.4 Å². The third kappa shape index (κ3) is 5.38. The Balaban J connectivity index is 0.00000101. The van der Waals surface area contributed by atoms with Gasteiger partial charge < -0.3 is 9.80 Å². The summed E-state index contributed by atoms with van der Waals surface area (Å²) in [5, 5.41) is 6.07. The van der Waals surface area contributed by atoms with E-state index in [1.807, 2.05) is 18.9 Å². The van der Waals surface area contributed by atoms with Crippen molar-refractivity contribution in [2.45, 2.75) is 39.9 Å². The molecule has 1 saturated heterocycles. The second kappa shape index (κ2) is 9.59. The maximum atomic E-state index is 14.5. The first-order chi connectivity index (χ1) is 14.0. The van der Waals surface area contributed by atoms with Crippen LogP contribution in [0.3, 0.4) is 0 Å². The van der Waals surface area contributed by atoms with E-state index in [1.54, 1.807) is 31.9 Å². The molecule has 1 aromatic rings. The smallest absolute Gasteiger partial charge is 0.338 e. The van der Waals surface area contributed by atoms with Gasteiger partial charge >= 0.3 is 6.18 Å². The van der Waals surface area contributed by atoms with Gasteiger partial charge in [-0.1, -0.05) is 6.08 Å². The Morgan fingerprint density at radius 3 is 2.27 bits per heavy atom. The Labute approximate surface area is 175 Å². The van der Waals surface area contributed by atoms with E-state index >= 15 is 0 Å². The SMILES string of the molecule is C=CC.CC(C)=NN1C(N2CCN(C)CC2)=Nc2c(F)cc(C(F)(F)F)cc2C1C. The molecule has 1 aromatic carbocycles. The van der Waals surface area contributed by atoms with Crippen molar-refractivity contribution in [3.63, 3.8) is 0 Å². The molecule has 3 rings (SSSR count). The highest BCUT2D eigenvalue weighted by Gasteiger charge is 2.37. The number of hydrogen-bond acceptors (Lipinski definition) is 5. The average Bonchev–Trinajstić information content (AvgIpc) is 2.64. The molecule has 5 nitrogen and oxygen atoms in total. The van der Waals surface area contributed by atoms with Crippen molar-refractivity contribution in [1.82, 2.24) is 14.8 Å². The first-order valence-corrected chi connectivity index (χ1v) is 9.80. The van der Waals surface area contributed by atoms with Gasteiger partial charge in [-0.2, -0.15) is 18.3 Å². The maximum Gasteiger partial charge on any atom is 0.416 e. The molecule has 1 unspecified atom stereocenters. The number of rotatable bonds is 1. The second-order valence-electron chi connectivity index (χ2n) is 7.57. The van der Waals surface area contributed by atoms with Crippen LogP contribution in [-0.4, -0.2) is 59.7 Å². The Bertz CT molecular complexity index is 819. The Morgan fingerprint density at radius 1 is 1.20 bits per heavy atom. The quantitative estimate of drug-likeness (QED) is 0.358. The lowest BCUT2D eigenvalue weighted by atomic mass is 10.00. The Morgan fingerprint density at radius 2 is 1.77 bits per heavy atom. The van der Waals surface area contributed by atoms with Gasteiger partial charge in [0.25, 0.3) is 0 Å². The van der Waals surface area contributed by atoms with E-state index in [9.17, 15) is 17.6 Å². The molecule has 2 aliphatic rings. The zero-order valence-corrected chi connectivity index (χ0v) is 18.1. The molecule has 9 heteroatoms. The molecular formula is C21H29F4N5. The average molecular weight is 427 g/mol. The third-order valence-corrected chi connectivity index (χ3v) is 4.75. The van der Waals surface area contributed by atoms with Gasteiger partial charge in [0.1, 0.15) is 11.5 Å². The van der Waals surface area contributed by atoms with Crippen LogP contribution >= 0.6 is 0 Å². The summed E-state index contributed by atoms with van der Waals surface area (Å²) in [5.41, 5.74) is -0.129. The van der Waals surface area contributed by atoms with Gasteiger partial charge in [0.05, 0.1) is 11.6 Å². The summed E-state index contributed by atoms with van der Waals surface area (Å²) in [7, 11) is 2.02. The zero-order valence-electron chi connectivity index (χ0n) is 18.1. The standard InChI is InChI=1S/C18H23F4N5.C3H6/c1-11(2)24-27-12(3)14-9-13(18(20,21)22)10-15(19)16(14)23-17(27)26-7-5-25(4)6-8-26;1-3-2/h9-10,12H,5-8H2,1-4H3;3H,1H2,2H3. The maximum absolute atomic E-state index is 14.5. The molecule has 0 N–H and O–H groups in total. The summed E-state index contributed by atoms with van der Waals surface area (Å²) in [6, 6.07) is 0.917. The first-order valence-electron chi connectivity index (χ1n) is 9.80.